The van der Waals surface area contributed by atoms with Gasteiger partial charge in [0.25, 0.3) is 0 Å². The van der Waals surface area contributed by atoms with Crippen molar-refractivity contribution in [3.05, 3.63) is 58.1 Å². The summed E-state index contributed by atoms with van der Waals surface area (Å²) < 4.78 is 39.5. The summed E-state index contributed by atoms with van der Waals surface area (Å²) in [6.07, 6.45) is -4.44. The number of halogens is 4. The first-order valence-corrected chi connectivity index (χ1v) is 6.72. The lowest BCUT2D eigenvalue weighted by Crippen LogP contribution is -2.20. The van der Waals surface area contributed by atoms with Crippen molar-refractivity contribution in [3.63, 3.8) is 0 Å². The topological polar surface area (TPSA) is 29.3 Å². The van der Waals surface area contributed by atoms with Gasteiger partial charge in [0.15, 0.2) is 0 Å². The van der Waals surface area contributed by atoms with Crippen molar-refractivity contribution in [2.24, 2.45) is 0 Å². The van der Waals surface area contributed by atoms with Crippen molar-refractivity contribution in [1.29, 1.82) is 0 Å². The highest BCUT2D eigenvalue weighted by molar-refractivity contribution is 6.30. The molecule has 21 heavy (non-hydrogen) atoms. The molecule has 0 amide bonds. The molecule has 0 fully saturated rings. The lowest BCUT2D eigenvalue weighted by Gasteiger charge is -2.23. The minimum Gasteiger partial charge on any atom is -0.398 e. The molecule has 0 bridgehead atoms. The zero-order valence-corrected chi connectivity index (χ0v) is 11.7. The molecule has 0 unspecified atom stereocenters. The smallest absolute Gasteiger partial charge is 0.398 e. The number of rotatable bonds is 1. The van der Waals surface area contributed by atoms with Crippen molar-refractivity contribution >= 4 is 23.0 Å². The summed E-state index contributed by atoms with van der Waals surface area (Å²) in [5.41, 5.74) is 7.75. The molecule has 0 atom stereocenters. The summed E-state index contributed by atoms with van der Waals surface area (Å²) >= 11 is 5.71. The Kier molecular flexibility index (Phi) is 3.24. The number of fused-ring (bicyclic) bond motifs is 1. The molecule has 3 rings (SSSR count). The van der Waals surface area contributed by atoms with E-state index in [0.29, 0.717) is 18.8 Å². The van der Waals surface area contributed by atoms with Gasteiger partial charge in [-0.3, -0.25) is 0 Å². The minimum atomic E-state index is -4.44. The van der Waals surface area contributed by atoms with Crippen molar-refractivity contribution < 1.29 is 13.2 Å². The molecule has 1 aliphatic rings. The van der Waals surface area contributed by atoms with Crippen molar-refractivity contribution in [2.75, 3.05) is 10.6 Å². The predicted octanol–water partition coefficient (Wildman–Crippen LogP) is 4.46. The third kappa shape index (κ3) is 2.53. The number of nitrogen functional groups attached to an aromatic ring is 1. The molecule has 0 saturated carbocycles. The van der Waals surface area contributed by atoms with Gasteiger partial charge in [0.1, 0.15) is 0 Å². The SMILES string of the molecule is Nc1cccc2c1CN(c1ccc(Cl)cc1C(F)(F)F)C2. The van der Waals surface area contributed by atoms with Gasteiger partial charge in [-0.2, -0.15) is 13.2 Å². The standard InChI is InChI=1S/C15H12ClF3N2/c16-10-4-5-14(12(6-10)15(17,18)19)21-7-9-2-1-3-13(20)11(9)8-21/h1-6H,7-8,20H2. The number of alkyl halides is 3. The molecule has 1 heterocycles. The summed E-state index contributed by atoms with van der Waals surface area (Å²) in [6, 6.07) is 9.29. The van der Waals surface area contributed by atoms with Gasteiger partial charge in [-0.05, 0) is 35.4 Å². The lowest BCUT2D eigenvalue weighted by molar-refractivity contribution is -0.137. The maximum atomic E-state index is 13.2. The third-order valence-electron chi connectivity index (χ3n) is 3.62. The molecule has 0 spiro atoms. The Balaban J connectivity index is 2.03. The fourth-order valence-corrected chi connectivity index (χ4v) is 2.80. The van der Waals surface area contributed by atoms with E-state index in [1.165, 1.54) is 12.1 Å². The van der Waals surface area contributed by atoms with Crippen molar-refractivity contribution in [1.82, 2.24) is 0 Å². The Labute approximate surface area is 124 Å². The molecule has 0 saturated heterocycles. The highest BCUT2D eigenvalue weighted by atomic mass is 35.5. The van der Waals surface area contributed by atoms with Crippen LogP contribution in [-0.4, -0.2) is 0 Å². The van der Waals surface area contributed by atoms with E-state index < -0.39 is 11.7 Å². The first-order chi connectivity index (χ1) is 9.86. The fraction of sp³-hybridized carbons (Fsp3) is 0.200. The van der Waals surface area contributed by atoms with E-state index >= 15 is 0 Å². The average Bonchev–Trinajstić information content (AvgIpc) is 2.83. The summed E-state index contributed by atoms with van der Waals surface area (Å²) in [5, 5.41) is 0.0716. The zero-order chi connectivity index (χ0) is 15.2. The summed E-state index contributed by atoms with van der Waals surface area (Å²) in [4.78, 5) is 1.67. The van der Waals surface area contributed by atoms with Crippen LogP contribution >= 0.6 is 11.6 Å². The van der Waals surface area contributed by atoms with E-state index in [-0.39, 0.29) is 10.7 Å². The normalized spacial score (nSPS) is 14.4. The first-order valence-electron chi connectivity index (χ1n) is 6.34. The molecule has 0 aliphatic carbocycles. The largest absolute Gasteiger partial charge is 0.418 e. The van der Waals surface area contributed by atoms with Gasteiger partial charge in [0.2, 0.25) is 0 Å². The highest BCUT2D eigenvalue weighted by Crippen LogP contribution is 2.41. The highest BCUT2D eigenvalue weighted by Gasteiger charge is 2.36. The van der Waals surface area contributed by atoms with Crippen LogP contribution in [0.25, 0.3) is 0 Å². The van der Waals surface area contributed by atoms with Crippen LogP contribution in [0.15, 0.2) is 36.4 Å². The molecule has 2 nitrogen and oxygen atoms in total. The van der Waals surface area contributed by atoms with Gasteiger partial charge in [0, 0.05) is 29.5 Å². The number of hydrogen-bond donors (Lipinski definition) is 1. The number of nitrogens with zero attached hydrogens (tertiary/aromatic N) is 1. The predicted molar refractivity (Wildman–Crippen MR) is 77.2 cm³/mol. The first kappa shape index (κ1) is 14.1. The maximum absolute atomic E-state index is 13.2. The molecule has 6 heteroatoms. The monoisotopic (exact) mass is 312 g/mol. The van der Waals surface area contributed by atoms with E-state index in [9.17, 15) is 13.2 Å². The molecule has 110 valence electrons. The second-order valence-electron chi connectivity index (χ2n) is 5.00. The van der Waals surface area contributed by atoms with E-state index in [0.717, 1.165) is 17.2 Å². The average molecular weight is 313 g/mol. The molecule has 1 aliphatic heterocycles. The summed E-state index contributed by atoms with van der Waals surface area (Å²) in [6.45, 7) is 0.776. The molecular weight excluding hydrogens is 301 g/mol. The van der Waals surface area contributed by atoms with Gasteiger partial charge < -0.3 is 10.6 Å². The van der Waals surface area contributed by atoms with Gasteiger partial charge in [-0.1, -0.05) is 23.7 Å². The Morgan fingerprint density at radius 3 is 2.52 bits per heavy atom. The van der Waals surface area contributed by atoms with E-state index in [1.54, 1.807) is 11.0 Å². The Hall–Kier alpha value is -1.88. The van der Waals surface area contributed by atoms with Crippen LogP contribution < -0.4 is 10.6 Å². The third-order valence-corrected chi connectivity index (χ3v) is 3.86. The van der Waals surface area contributed by atoms with Crippen LogP contribution in [0, 0.1) is 0 Å². The van der Waals surface area contributed by atoms with E-state index in [1.807, 2.05) is 12.1 Å². The van der Waals surface area contributed by atoms with Crippen LogP contribution in [0.5, 0.6) is 0 Å². The van der Waals surface area contributed by atoms with Crippen LogP contribution in [-0.2, 0) is 19.3 Å². The van der Waals surface area contributed by atoms with Gasteiger partial charge in [-0.25, -0.2) is 0 Å². The summed E-state index contributed by atoms with van der Waals surface area (Å²) in [7, 11) is 0. The van der Waals surface area contributed by atoms with Crippen molar-refractivity contribution in [3.8, 4) is 0 Å². The molecule has 2 N–H and O–H groups in total. The number of nitrogens with two attached hydrogens (primary N) is 1. The number of hydrogen-bond acceptors (Lipinski definition) is 2. The van der Waals surface area contributed by atoms with E-state index in [4.69, 9.17) is 17.3 Å². The second-order valence-corrected chi connectivity index (χ2v) is 5.44. The maximum Gasteiger partial charge on any atom is 0.418 e. The van der Waals surface area contributed by atoms with Crippen LogP contribution in [0.1, 0.15) is 16.7 Å². The van der Waals surface area contributed by atoms with Gasteiger partial charge in [0.05, 0.1) is 5.56 Å². The minimum absolute atomic E-state index is 0.0716. The molecule has 0 aromatic heterocycles. The molecule has 2 aromatic carbocycles. The Morgan fingerprint density at radius 1 is 1.10 bits per heavy atom. The van der Waals surface area contributed by atoms with Crippen LogP contribution in [0.2, 0.25) is 5.02 Å². The van der Waals surface area contributed by atoms with Crippen LogP contribution in [0.3, 0.4) is 0 Å². The summed E-state index contributed by atoms with van der Waals surface area (Å²) in [5.74, 6) is 0. The Bertz CT molecular complexity index is 698. The van der Waals surface area contributed by atoms with Crippen molar-refractivity contribution in [2.45, 2.75) is 19.3 Å². The Morgan fingerprint density at radius 2 is 1.86 bits per heavy atom. The lowest BCUT2D eigenvalue weighted by atomic mass is 10.1. The second kappa shape index (κ2) is 4.84. The number of benzene rings is 2. The fourth-order valence-electron chi connectivity index (χ4n) is 2.63. The molecule has 0 radical (unpaired) electrons. The van der Waals surface area contributed by atoms with E-state index in [2.05, 4.69) is 0 Å². The molecular formula is C15H12ClF3N2. The van der Waals surface area contributed by atoms with Gasteiger partial charge in [-0.15, -0.1) is 0 Å². The zero-order valence-electron chi connectivity index (χ0n) is 10.9. The molecule has 2 aromatic rings. The number of anilines is 2. The van der Waals surface area contributed by atoms with Gasteiger partial charge >= 0.3 is 6.18 Å². The van der Waals surface area contributed by atoms with Crippen LogP contribution in [0.4, 0.5) is 24.5 Å². The quantitative estimate of drug-likeness (QED) is 0.788.